The molecule has 0 spiro atoms. The van der Waals surface area contributed by atoms with Crippen LogP contribution >= 0.6 is 0 Å². The van der Waals surface area contributed by atoms with Crippen molar-refractivity contribution >= 4 is 16.9 Å². The number of hydrogen-bond acceptors (Lipinski definition) is 5. The number of aliphatic hydroxyl groups excluding tert-OH is 1. The van der Waals surface area contributed by atoms with Gasteiger partial charge >= 0.3 is 5.63 Å². The summed E-state index contributed by atoms with van der Waals surface area (Å²) in [5, 5.41) is 12.7. The van der Waals surface area contributed by atoms with Gasteiger partial charge in [0.05, 0.1) is 7.11 Å². The monoisotopic (exact) mass is 381 g/mol. The number of fused-ring (bicyclic) bond motifs is 1. The van der Waals surface area contributed by atoms with E-state index in [9.17, 15) is 14.7 Å². The number of nitrogens with one attached hydrogen (secondary N) is 1. The van der Waals surface area contributed by atoms with Crippen molar-refractivity contribution in [3.8, 4) is 5.75 Å². The summed E-state index contributed by atoms with van der Waals surface area (Å²) in [7, 11) is 1.49. The van der Waals surface area contributed by atoms with Crippen molar-refractivity contribution in [3.05, 3.63) is 76.1 Å². The smallest absolute Gasteiger partial charge is 0.349 e. The van der Waals surface area contributed by atoms with Crippen molar-refractivity contribution < 1.29 is 19.1 Å². The maximum Gasteiger partial charge on any atom is 0.349 e. The topological polar surface area (TPSA) is 88.8 Å². The van der Waals surface area contributed by atoms with E-state index in [1.807, 2.05) is 30.3 Å². The maximum absolute atomic E-state index is 12.5. The fraction of sp³-hybridized carbons (Fsp3) is 0.273. The summed E-state index contributed by atoms with van der Waals surface area (Å²) in [5.74, 6) is 0.0920. The summed E-state index contributed by atoms with van der Waals surface area (Å²) in [5.41, 5.74) is 0.686. The SMILES string of the molecule is COc1cccc2cc(C(=O)NCCC(CCO)c3ccccc3)c(=O)oc12. The third-order valence-corrected chi connectivity index (χ3v) is 4.72. The minimum absolute atomic E-state index is 0.0424. The number of carbonyl (C=O) groups is 1. The maximum atomic E-state index is 12.5. The van der Waals surface area contributed by atoms with Crippen LogP contribution < -0.4 is 15.7 Å². The largest absolute Gasteiger partial charge is 0.493 e. The van der Waals surface area contributed by atoms with Crippen LogP contribution in [-0.4, -0.2) is 31.3 Å². The molecule has 0 aliphatic carbocycles. The molecule has 1 amide bonds. The summed E-state index contributed by atoms with van der Waals surface area (Å²) in [6.07, 6.45) is 1.26. The van der Waals surface area contributed by atoms with Gasteiger partial charge in [-0.2, -0.15) is 0 Å². The Balaban J connectivity index is 1.71. The Labute approximate surface area is 162 Å². The standard InChI is InChI=1S/C22H23NO5/c1-27-19-9-5-8-17-14-18(22(26)28-20(17)19)21(25)23-12-10-16(11-13-24)15-6-3-2-4-7-15/h2-9,14,16,24H,10-13H2,1H3,(H,23,25). The van der Waals surface area contributed by atoms with Crippen molar-refractivity contribution in [3.63, 3.8) is 0 Å². The van der Waals surface area contributed by atoms with Crippen molar-refractivity contribution in [1.29, 1.82) is 0 Å². The van der Waals surface area contributed by atoms with Crippen molar-refractivity contribution in [1.82, 2.24) is 5.32 Å². The van der Waals surface area contributed by atoms with E-state index in [0.29, 0.717) is 36.1 Å². The first-order valence-corrected chi connectivity index (χ1v) is 9.19. The third-order valence-electron chi connectivity index (χ3n) is 4.72. The zero-order valence-corrected chi connectivity index (χ0v) is 15.7. The van der Waals surface area contributed by atoms with Crippen LogP contribution in [0.1, 0.15) is 34.7 Å². The van der Waals surface area contributed by atoms with Gasteiger partial charge in [0, 0.05) is 18.5 Å². The predicted molar refractivity (Wildman–Crippen MR) is 107 cm³/mol. The molecule has 1 unspecified atom stereocenters. The Kier molecular flexibility index (Phi) is 6.45. The van der Waals surface area contributed by atoms with E-state index < -0.39 is 11.5 Å². The summed E-state index contributed by atoms with van der Waals surface area (Å²) in [6.45, 7) is 0.456. The quantitative estimate of drug-likeness (QED) is 0.586. The molecule has 146 valence electrons. The molecule has 3 aromatic rings. The Hall–Kier alpha value is -3.12. The van der Waals surface area contributed by atoms with Crippen LogP contribution in [0.25, 0.3) is 11.0 Å². The lowest BCUT2D eigenvalue weighted by molar-refractivity contribution is 0.0948. The second-order valence-corrected chi connectivity index (χ2v) is 6.49. The van der Waals surface area contributed by atoms with Crippen molar-refractivity contribution in [2.45, 2.75) is 18.8 Å². The van der Waals surface area contributed by atoms with Crippen molar-refractivity contribution in [2.24, 2.45) is 0 Å². The molecule has 0 saturated heterocycles. The highest BCUT2D eigenvalue weighted by Gasteiger charge is 2.16. The molecule has 0 aliphatic rings. The zero-order chi connectivity index (χ0) is 19.9. The molecule has 6 nitrogen and oxygen atoms in total. The van der Waals surface area contributed by atoms with Gasteiger partial charge in [0.2, 0.25) is 0 Å². The van der Waals surface area contributed by atoms with Gasteiger partial charge in [-0.05, 0) is 36.5 Å². The van der Waals surface area contributed by atoms with Gasteiger partial charge in [-0.3, -0.25) is 4.79 Å². The van der Waals surface area contributed by atoms with Gasteiger partial charge in [0.1, 0.15) is 5.56 Å². The molecule has 1 aromatic heterocycles. The Morgan fingerprint density at radius 3 is 2.64 bits per heavy atom. The second-order valence-electron chi connectivity index (χ2n) is 6.49. The van der Waals surface area contributed by atoms with E-state index in [4.69, 9.17) is 9.15 Å². The van der Waals surface area contributed by atoms with Gasteiger partial charge in [-0.15, -0.1) is 0 Å². The molecular formula is C22H23NO5. The molecule has 2 aromatic carbocycles. The van der Waals surface area contributed by atoms with Gasteiger partial charge in [-0.25, -0.2) is 4.79 Å². The van der Waals surface area contributed by atoms with E-state index in [1.54, 1.807) is 18.2 Å². The van der Waals surface area contributed by atoms with E-state index in [2.05, 4.69) is 5.32 Å². The highest BCUT2D eigenvalue weighted by atomic mass is 16.5. The van der Waals surface area contributed by atoms with Crippen LogP contribution in [0.5, 0.6) is 5.75 Å². The van der Waals surface area contributed by atoms with E-state index >= 15 is 0 Å². The highest BCUT2D eigenvalue weighted by Crippen LogP contribution is 2.25. The minimum atomic E-state index is -0.704. The molecule has 1 atom stereocenters. The van der Waals surface area contributed by atoms with Crippen LogP contribution in [-0.2, 0) is 0 Å². The number of carbonyl (C=O) groups excluding carboxylic acids is 1. The van der Waals surface area contributed by atoms with Gasteiger partial charge in [0.15, 0.2) is 11.3 Å². The molecule has 2 N–H and O–H groups in total. The molecular weight excluding hydrogens is 358 g/mol. The van der Waals surface area contributed by atoms with Crippen LogP contribution in [0.15, 0.2) is 63.8 Å². The first-order chi connectivity index (χ1) is 13.6. The predicted octanol–water partition coefficient (Wildman–Crippen LogP) is 3.09. The molecule has 0 aliphatic heterocycles. The van der Waals surface area contributed by atoms with Gasteiger partial charge < -0.3 is 19.6 Å². The molecule has 0 saturated carbocycles. The van der Waals surface area contributed by atoms with Crippen LogP contribution in [0, 0.1) is 0 Å². The molecule has 28 heavy (non-hydrogen) atoms. The van der Waals surface area contributed by atoms with Crippen molar-refractivity contribution in [2.75, 3.05) is 20.3 Å². The number of benzene rings is 2. The number of hydrogen-bond donors (Lipinski definition) is 2. The zero-order valence-electron chi connectivity index (χ0n) is 15.7. The highest BCUT2D eigenvalue weighted by molar-refractivity contribution is 5.97. The lowest BCUT2D eigenvalue weighted by Gasteiger charge is -2.16. The normalized spacial score (nSPS) is 11.9. The fourth-order valence-corrected chi connectivity index (χ4v) is 3.25. The number of para-hydroxylation sites is 1. The molecule has 0 radical (unpaired) electrons. The summed E-state index contributed by atoms with van der Waals surface area (Å²) in [4.78, 5) is 24.7. The van der Waals surface area contributed by atoms with Gasteiger partial charge in [-0.1, -0.05) is 42.5 Å². The summed E-state index contributed by atoms with van der Waals surface area (Å²) >= 11 is 0. The van der Waals surface area contributed by atoms with E-state index in [0.717, 1.165) is 5.56 Å². The number of rotatable bonds is 8. The van der Waals surface area contributed by atoms with Crippen LogP contribution in [0.4, 0.5) is 0 Å². The van der Waals surface area contributed by atoms with Crippen LogP contribution in [0.3, 0.4) is 0 Å². The average Bonchev–Trinajstić information content (AvgIpc) is 2.72. The lowest BCUT2D eigenvalue weighted by atomic mass is 9.93. The molecule has 6 heteroatoms. The average molecular weight is 381 g/mol. The number of amides is 1. The minimum Gasteiger partial charge on any atom is -0.493 e. The molecule has 1 heterocycles. The Morgan fingerprint density at radius 1 is 1.14 bits per heavy atom. The molecule has 3 rings (SSSR count). The summed E-state index contributed by atoms with van der Waals surface area (Å²) in [6, 6.07) is 16.6. The number of methoxy groups -OCH3 is 1. The first-order valence-electron chi connectivity index (χ1n) is 9.19. The van der Waals surface area contributed by atoms with Gasteiger partial charge in [0.25, 0.3) is 5.91 Å². The Morgan fingerprint density at radius 2 is 1.93 bits per heavy atom. The fourth-order valence-electron chi connectivity index (χ4n) is 3.25. The summed E-state index contributed by atoms with van der Waals surface area (Å²) < 4.78 is 10.5. The second kappa shape index (κ2) is 9.19. The van der Waals surface area contributed by atoms with E-state index in [-0.39, 0.29) is 18.1 Å². The first kappa shape index (κ1) is 19.6. The molecule has 0 bridgehead atoms. The van der Waals surface area contributed by atoms with Crippen LogP contribution in [0.2, 0.25) is 0 Å². The number of ether oxygens (including phenoxy) is 1. The third kappa shape index (κ3) is 4.40. The van der Waals surface area contributed by atoms with E-state index in [1.165, 1.54) is 13.2 Å². The molecule has 0 fully saturated rings. The lowest BCUT2D eigenvalue weighted by Crippen LogP contribution is -2.30. The Bertz CT molecular complexity index is 997. The number of aliphatic hydroxyl groups is 1.